The number of nitrogens with zero attached hydrogens (tertiary/aromatic N) is 3. The van der Waals surface area contributed by atoms with Crippen LogP contribution in [0.1, 0.15) is 38.2 Å². The average Bonchev–Trinajstić information content (AvgIpc) is 3.04. The van der Waals surface area contributed by atoms with Crippen molar-refractivity contribution in [2.24, 2.45) is 0 Å². The molecule has 0 spiro atoms. The zero-order valence-corrected chi connectivity index (χ0v) is 16.6. The maximum Gasteiger partial charge on any atom is 0.355 e. The van der Waals surface area contributed by atoms with Gasteiger partial charge in [0.15, 0.2) is 0 Å². The van der Waals surface area contributed by atoms with Gasteiger partial charge in [-0.3, -0.25) is 19.2 Å². The molecule has 29 heavy (non-hydrogen) atoms. The van der Waals surface area contributed by atoms with Crippen molar-refractivity contribution < 1.29 is 28.9 Å². The van der Waals surface area contributed by atoms with Crippen LogP contribution in [-0.2, 0) is 35.5 Å². The lowest BCUT2D eigenvalue weighted by Gasteiger charge is -2.40. The number of carbonyl (C=O) groups is 4. The monoisotopic (exact) mass is 403 g/mol. The number of piperidine rings is 1. The molecule has 0 saturated carbocycles. The molecule has 2 aliphatic heterocycles. The van der Waals surface area contributed by atoms with E-state index in [4.69, 9.17) is 9.68 Å². The molecule has 2 saturated heterocycles. The summed E-state index contributed by atoms with van der Waals surface area (Å²) in [5.41, 5.74) is 1.03. The molecule has 0 unspecified atom stereocenters. The predicted molar refractivity (Wildman–Crippen MR) is 100 cm³/mol. The van der Waals surface area contributed by atoms with Crippen LogP contribution < -0.4 is 0 Å². The van der Waals surface area contributed by atoms with Crippen molar-refractivity contribution in [3.05, 3.63) is 35.9 Å². The van der Waals surface area contributed by atoms with Crippen LogP contribution in [0.2, 0.25) is 0 Å². The van der Waals surface area contributed by atoms with Gasteiger partial charge in [0, 0.05) is 33.4 Å². The Morgan fingerprint density at radius 1 is 1.10 bits per heavy atom. The number of amides is 3. The molecule has 156 valence electrons. The van der Waals surface area contributed by atoms with Gasteiger partial charge in [-0.25, -0.2) is 4.79 Å². The SMILES string of the molecule is CC(=O)N1C[C@H](N(C)OCc2ccccc2)CC[C@H]1C(=O)ON1C(=O)CCC1=O. The zero-order valence-electron chi connectivity index (χ0n) is 16.6. The van der Waals surface area contributed by atoms with Crippen molar-refractivity contribution in [3.63, 3.8) is 0 Å². The van der Waals surface area contributed by atoms with Gasteiger partial charge in [-0.1, -0.05) is 30.3 Å². The van der Waals surface area contributed by atoms with Gasteiger partial charge in [-0.05, 0) is 18.4 Å². The highest BCUT2D eigenvalue weighted by molar-refractivity contribution is 6.01. The first-order chi connectivity index (χ1) is 13.9. The van der Waals surface area contributed by atoms with Crippen molar-refractivity contribution in [1.82, 2.24) is 15.0 Å². The van der Waals surface area contributed by atoms with Crippen molar-refractivity contribution >= 4 is 23.7 Å². The number of hydrogen-bond acceptors (Lipinski definition) is 7. The summed E-state index contributed by atoms with van der Waals surface area (Å²) in [6.07, 6.45) is 0.993. The molecule has 0 bridgehead atoms. The van der Waals surface area contributed by atoms with E-state index in [1.165, 1.54) is 11.8 Å². The Morgan fingerprint density at radius 2 is 1.76 bits per heavy atom. The number of imide groups is 1. The first-order valence-corrected chi connectivity index (χ1v) is 9.61. The lowest BCUT2D eigenvalue weighted by atomic mass is 9.98. The molecule has 0 N–H and O–H groups in total. The van der Waals surface area contributed by atoms with Crippen LogP contribution >= 0.6 is 0 Å². The van der Waals surface area contributed by atoms with E-state index in [1.807, 2.05) is 30.3 Å². The van der Waals surface area contributed by atoms with E-state index in [2.05, 4.69) is 0 Å². The first kappa shape index (κ1) is 20.9. The second kappa shape index (κ2) is 9.15. The molecule has 0 aromatic heterocycles. The summed E-state index contributed by atoms with van der Waals surface area (Å²) in [6.45, 7) is 2.06. The third-order valence-corrected chi connectivity index (χ3v) is 5.21. The number of likely N-dealkylation sites (N-methyl/N-ethyl adjacent to an activating group) is 1. The maximum absolute atomic E-state index is 12.5. The molecular formula is C20H25N3O6. The van der Waals surface area contributed by atoms with Crippen LogP contribution in [0.3, 0.4) is 0 Å². The number of benzene rings is 1. The standard InChI is InChI=1S/C20H25N3O6/c1-14(24)22-12-16(21(2)28-13-15-6-4-3-5-7-15)8-9-17(22)20(27)29-23-18(25)10-11-19(23)26/h3-7,16-17H,8-13H2,1-2H3/t16-,17+/m1/s1. The van der Waals surface area contributed by atoms with E-state index >= 15 is 0 Å². The molecule has 2 atom stereocenters. The number of carbonyl (C=O) groups excluding carboxylic acids is 4. The molecule has 9 heteroatoms. The van der Waals surface area contributed by atoms with Gasteiger partial charge in [-0.15, -0.1) is 5.06 Å². The summed E-state index contributed by atoms with van der Waals surface area (Å²) in [6, 6.07) is 8.79. The van der Waals surface area contributed by atoms with E-state index in [0.29, 0.717) is 24.5 Å². The minimum atomic E-state index is -0.840. The summed E-state index contributed by atoms with van der Waals surface area (Å²) >= 11 is 0. The van der Waals surface area contributed by atoms with Gasteiger partial charge < -0.3 is 9.74 Å². The van der Waals surface area contributed by atoms with E-state index in [-0.39, 0.29) is 31.3 Å². The molecule has 1 aromatic rings. The number of likely N-dealkylation sites (tertiary alicyclic amines) is 1. The Balaban J connectivity index is 1.58. The van der Waals surface area contributed by atoms with Crippen LogP contribution in [0.25, 0.3) is 0 Å². The van der Waals surface area contributed by atoms with Crippen LogP contribution in [0.15, 0.2) is 30.3 Å². The number of hydroxylamine groups is 4. The lowest BCUT2D eigenvalue weighted by Crippen LogP contribution is -2.56. The largest absolute Gasteiger partial charge is 0.355 e. The molecule has 2 fully saturated rings. The quantitative estimate of drug-likeness (QED) is 0.517. The molecular weight excluding hydrogens is 378 g/mol. The van der Waals surface area contributed by atoms with Gasteiger partial charge in [0.25, 0.3) is 11.8 Å². The lowest BCUT2D eigenvalue weighted by molar-refractivity contribution is -0.208. The fourth-order valence-electron chi connectivity index (χ4n) is 3.51. The molecule has 2 heterocycles. The predicted octanol–water partition coefficient (Wildman–Crippen LogP) is 1.04. The maximum atomic E-state index is 12.5. The van der Waals surface area contributed by atoms with Gasteiger partial charge in [0.2, 0.25) is 5.91 Å². The van der Waals surface area contributed by atoms with Crippen LogP contribution in [0.5, 0.6) is 0 Å². The van der Waals surface area contributed by atoms with Gasteiger partial charge in [0.1, 0.15) is 6.04 Å². The average molecular weight is 403 g/mol. The Morgan fingerprint density at radius 3 is 2.38 bits per heavy atom. The Kier molecular flexibility index (Phi) is 6.60. The van der Waals surface area contributed by atoms with E-state index < -0.39 is 23.8 Å². The van der Waals surface area contributed by atoms with Gasteiger partial charge in [-0.2, -0.15) is 5.06 Å². The minimum Gasteiger partial charge on any atom is -0.328 e. The smallest absolute Gasteiger partial charge is 0.328 e. The summed E-state index contributed by atoms with van der Waals surface area (Å²) in [4.78, 5) is 60.3. The Labute approximate surface area is 169 Å². The third-order valence-electron chi connectivity index (χ3n) is 5.21. The fourth-order valence-corrected chi connectivity index (χ4v) is 3.51. The summed E-state index contributed by atoms with van der Waals surface area (Å²) in [7, 11) is 1.80. The molecule has 2 aliphatic rings. The topological polar surface area (TPSA) is 96.5 Å². The van der Waals surface area contributed by atoms with E-state index in [0.717, 1.165) is 5.56 Å². The Hall–Kier alpha value is -2.78. The summed E-state index contributed by atoms with van der Waals surface area (Å²) < 4.78 is 0. The summed E-state index contributed by atoms with van der Waals surface area (Å²) in [5, 5.41) is 2.22. The van der Waals surface area contributed by atoms with Crippen molar-refractivity contribution in [3.8, 4) is 0 Å². The van der Waals surface area contributed by atoms with Gasteiger partial charge in [0.05, 0.1) is 12.6 Å². The molecule has 0 aliphatic carbocycles. The second-order valence-electron chi connectivity index (χ2n) is 7.22. The normalized spacial score (nSPS) is 22.3. The molecule has 9 nitrogen and oxygen atoms in total. The molecule has 1 aromatic carbocycles. The van der Waals surface area contributed by atoms with E-state index in [9.17, 15) is 19.2 Å². The van der Waals surface area contributed by atoms with Crippen molar-refractivity contribution in [1.29, 1.82) is 0 Å². The van der Waals surface area contributed by atoms with Gasteiger partial charge >= 0.3 is 5.97 Å². The highest BCUT2D eigenvalue weighted by Gasteiger charge is 2.40. The van der Waals surface area contributed by atoms with Crippen molar-refractivity contribution in [2.45, 2.75) is 51.3 Å². The highest BCUT2D eigenvalue weighted by Crippen LogP contribution is 2.24. The van der Waals surface area contributed by atoms with Crippen LogP contribution in [0, 0.1) is 0 Å². The second-order valence-corrected chi connectivity index (χ2v) is 7.22. The molecule has 3 rings (SSSR count). The summed E-state index contributed by atoms with van der Waals surface area (Å²) in [5.74, 6) is -2.14. The Bertz CT molecular complexity index is 768. The first-order valence-electron chi connectivity index (χ1n) is 9.61. The number of rotatable bonds is 6. The number of hydrogen-bond donors (Lipinski definition) is 0. The van der Waals surface area contributed by atoms with E-state index in [1.54, 1.807) is 12.1 Å². The van der Waals surface area contributed by atoms with Crippen LogP contribution in [-0.4, -0.2) is 64.4 Å². The zero-order chi connectivity index (χ0) is 21.0. The van der Waals surface area contributed by atoms with Crippen molar-refractivity contribution in [2.75, 3.05) is 13.6 Å². The van der Waals surface area contributed by atoms with Crippen LogP contribution in [0.4, 0.5) is 0 Å². The minimum absolute atomic E-state index is 0.0266. The highest BCUT2D eigenvalue weighted by atomic mass is 16.7. The fraction of sp³-hybridized carbons (Fsp3) is 0.500. The third kappa shape index (κ3) is 4.99. The molecule has 0 radical (unpaired) electrons. The molecule has 3 amide bonds.